The quantitative estimate of drug-likeness (QED) is 0.672. The molecule has 6 heteroatoms. The minimum atomic E-state index is -0.866. The van der Waals surface area contributed by atoms with Crippen molar-refractivity contribution in [2.24, 2.45) is 5.92 Å². The normalized spacial score (nSPS) is 12.9. The van der Waals surface area contributed by atoms with Crippen LogP contribution in [0.2, 0.25) is 0 Å². The zero-order chi connectivity index (χ0) is 16.6. The third kappa shape index (κ3) is 9.87. The average molecular weight is 301 g/mol. The van der Waals surface area contributed by atoms with Crippen LogP contribution in [0.3, 0.4) is 0 Å². The molecule has 0 aliphatic heterocycles. The zero-order valence-electron chi connectivity index (χ0n) is 13.6. The van der Waals surface area contributed by atoms with Crippen molar-refractivity contribution >= 4 is 17.8 Å². The van der Waals surface area contributed by atoms with Crippen molar-refractivity contribution in [1.29, 1.82) is 0 Å². The van der Waals surface area contributed by atoms with Gasteiger partial charge in [0.05, 0.1) is 6.04 Å². The van der Waals surface area contributed by atoms with Gasteiger partial charge in [0, 0.05) is 12.8 Å². The Hall–Kier alpha value is -1.59. The number of alkyl carbamates (subject to hydrolysis) is 1. The topological polar surface area (TPSA) is 92.7 Å². The third-order valence-corrected chi connectivity index (χ3v) is 2.75. The highest BCUT2D eigenvalue weighted by Crippen LogP contribution is 2.12. The van der Waals surface area contributed by atoms with E-state index in [9.17, 15) is 14.4 Å². The highest BCUT2D eigenvalue weighted by molar-refractivity contribution is 5.87. The Balaban J connectivity index is 4.37. The number of hydrogen-bond donors (Lipinski definition) is 2. The summed E-state index contributed by atoms with van der Waals surface area (Å²) in [5.74, 6) is -1.01. The van der Waals surface area contributed by atoms with E-state index in [0.29, 0.717) is 12.8 Å². The van der Waals surface area contributed by atoms with Gasteiger partial charge in [0.25, 0.3) is 0 Å². The van der Waals surface area contributed by atoms with Crippen LogP contribution >= 0.6 is 0 Å². The lowest BCUT2D eigenvalue weighted by Gasteiger charge is -2.25. The van der Waals surface area contributed by atoms with E-state index in [-0.39, 0.29) is 24.5 Å². The maximum absolute atomic E-state index is 12.1. The van der Waals surface area contributed by atoms with Gasteiger partial charge in [0.15, 0.2) is 5.78 Å². The molecule has 0 aromatic heterocycles. The molecule has 21 heavy (non-hydrogen) atoms. The molecule has 0 fully saturated rings. The molecule has 0 spiro atoms. The smallest absolute Gasteiger partial charge is 0.408 e. The summed E-state index contributed by atoms with van der Waals surface area (Å²) in [5.41, 5.74) is -0.615. The number of hydrogen-bond acceptors (Lipinski definition) is 4. The molecule has 0 unspecified atom stereocenters. The fourth-order valence-electron chi connectivity index (χ4n) is 1.78. The molecular formula is C15H27NO5. The molecule has 6 nitrogen and oxygen atoms in total. The second-order valence-corrected chi connectivity index (χ2v) is 6.44. The molecule has 2 N–H and O–H groups in total. The Morgan fingerprint density at radius 3 is 2.05 bits per heavy atom. The van der Waals surface area contributed by atoms with E-state index in [1.165, 1.54) is 0 Å². The lowest BCUT2D eigenvalue weighted by molar-refractivity contribution is -0.137. The van der Waals surface area contributed by atoms with E-state index in [1.807, 2.05) is 13.8 Å². The number of nitrogens with one attached hydrogen (secondary N) is 1. The Kier molecular flexibility index (Phi) is 7.99. The highest BCUT2D eigenvalue weighted by Gasteiger charge is 2.26. The largest absolute Gasteiger partial charge is 0.481 e. The standard InChI is InChI=1S/C15H27NO5/c1-10(2)13(16-14(20)21-15(3,4)5)11(17)8-6-7-9-12(18)19/h10,13H,6-9H2,1-5H3,(H,16,20)(H,18,19)/t13-/m0/s1. The minimum absolute atomic E-state index is 0.0514. The maximum atomic E-state index is 12.1. The fraction of sp³-hybridized carbons (Fsp3) is 0.800. The van der Waals surface area contributed by atoms with Gasteiger partial charge in [0.2, 0.25) is 0 Å². The van der Waals surface area contributed by atoms with Crippen LogP contribution in [0.25, 0.3) is 0 Å². The van der Waals surface area contributed by atoms with E-state index < -0.39 is 23.7 Å². The number of rotatable bonds is 8. The number of Topliss-reactive ketones (excluding diaryl/α,β-unsaturated/α-hetero) is 1. The van der Waals surface area contributed by atoms with Gasteiger partial charge in [-0.1, -0.05) is 13.8 Å². The fourth-order valence-corrected chi connectivity index (χ4v) is 1.78. The van der Waals surface area contributed by atoms with Crippen molar-refractivity contribution in [3.05, 3.63) is 0 Å². The number of ketones is 1. The Morgan fingerprint density at radius 1 is 1.10 bits per heavy atom. The summed E-state index contributed by atoms with van der Waals surface area (Å²) in [6, 6.07) is -0.607. The van der Waals surface area contributed by atoms with Gasteiger partial charge in [0.1, 0.15) is 5.60 Å². The SMILES string of the molecule is CC(C)[C@H](NC(=O)OC(C)(C)C)C(=O)CCCCC(=O)O. The number of ether oxygens (including phenoxy) is 1. The van der Waals surface area contributed by atoms with Gasteiger partial charge in [-0.25, -0.2) is 4.79 Å². The van der Waals surface area contributed by atoms with Gasteiger partial charge in [-0.05, 0) is 39.5 Å². The lowest BCUT2D eigenvalue weighted by Crippen LogP contribution is -2.46. The van der Waals surface area contributed by atoms with Crippen molar-refractivity contribution in [2.75, 3.05) is 0 Å². The van der Waals surface area contributed by atoms with Gasteiger partial charge < -0.3 is 15.2 Å². The zero-order valence-corrected chi connectivity index (χ0v) is 13.6. The van der Waals surface area contributed by atoms with Crippen molar-refractivity contribution < 1.29 is 24.2 Å². The summed E-state index contributed by atoms with van der Waals surface area (Å²) >= 11 is 0. The van der Waals surface area contributed by atoms with E-state index in [4.69, 9.17) is 9.84 Å². The second-order valence-electron chi connectivity index (χ2n) is 6.44. The van der Waals surface area contributed by atoms with Crippen LogP contribution in [0, 0.1) is 5.92 Å². The summed E-state index contributed by atoms with van der Waals surface area (Å²) < 4.78 is 5.15. The second kappa shape index (κ2) is 8.64. The van der Waals surface area contributed by atoms with Crippen LogP contribution in [-0.4, -0.2) is 34.6 Å². The van der Waals surface area contributed by atoms with Crippen LogP contribution < -0.4 is 5.32 Å². The van der Waals surface area contributed by atoms with Crippen molar-refractivity contribution in [3.63, 3.8) is 0 Å². The summed E-state index contributed by atoms with van der Waals surface area (Å²) in [7, 11) is 0. The van der Waals surface area contributed by atoms with Crippen LogP contribution in [0.15, 0.2) is 0 Å². The van der Waals surface area contributed by atoms with Crippen molar-refractivity contribution in [1.82, 2.24) is 5.32 Å². The summed E-state index contributed by atoms with van der Waals surface area (Å²) in [4.78, 5) is 34.3. The number of amides is 1. The minimum Gasteiger partial charge on any atom is -0.481 e. The lowest BCUT2D eigenvalue weighted by atomic mass is 9.96. The predicted octanol–water partition coefficient (Wildman–Crippen LogP) is 2.75. The average Bonchev–Trinajstić information content (AvgIpc) is 2.28. The third-order valence-electron chi connectivity index (χ3n) is 2.75. The Labute approximate surface area is 126 Å². The molecule has 0 heterocycles. The molecule has 0 saturated heterocycles. The molecule has 0 bridgehead atoms. The first kappa shape index (κ1) is 19.4. The van der Waals surface area contributed by atoms with Crippen LogP contribution in [0.1, 0.15) is 60.3 Å². The van der Waals surface area contributed by atoms with E-state index in [2.05, 4.69) is 5.32 Å². The summed E-state index contributed by atoms with van der Waals surface area (Å²) in [5, 5.41) is 11.1. The first-order valence-electron chi connectivity index (χ1n) is 7.27. The molecule has 0 aliphatic carbocycles. The van der Waals surface area contributed by atoms with Crippen molar-refractivity contribution in [3.8, 4) is 0 Å². The van der Waals surface area contributed by atoms with E-state index in [0.717, 1.165) is 0 Å². The predicted molar refractivity (Wildman–Crippen MR) is 79.1 cm³/mol. The first-order valence-corrected chi connectivity index (χ1v) is 7.27. The van der Waals surface area contributed by atoms with Gasteiger partial charge >= 0.3 is 12.1 Å². The number of carboxylic acids is 1. The molecular weight excluding hydrogens is 274 g/mol. The van der Waals surface area contributed by atoms with Gasteiger partial charge in [-0.15, -0.1) is 0 Å². The molecule has 122 valence electrons. The number of carboxylic acid groups (broad SMARTS) is 1. The molecule has 1 atom stereocenters. The number of unbranched alkanes of at least 4 members (excludes halogenated alkanes) is 1. The Morgan fingerprint density at radius 2 is 1.62 bits per heavy atom. The maximum Gasteiger partial charge on any atom is 0.408 e. The number of carbonyl (C=O) groups is 3. The molecule has 0 aromatic carbocycles. The highest BCUT2D eigenvalue weighted by atomic mass is 16.6. The van der Waals surface area contributed by atoms with Crippen LogP contribution in [0.5, 0.6) is 0 Å². The van der Waals surface area contributed by atoms with E-state index in [1.54, 1.807) is 20.8 Å². The first-order chi connectivity index (χ1) is 9.53. The molecule has 0 aromatic rings. The van der Waals surface area contributed by atoms with Gasteiger partial charge in [-0.3, -0.25) is 9.59 Å². The monoisotopic (exact) mass is 301 g/mol. The van der Waals surface area contributed by atoms with Crippen LogP contribution in [0.4, 0.5) is 4.79 Å². The molecule has 1 amide bonds. The van der Waals surface area contributed by atoms with Gasteiger partial charge in [-0.2, -0.15) is 0 Å². The molecule has 0 rings (SSSR count). The number of aliphatic carboxylic acids is 1. The molecule has 0 radical (unpaired) electrons. The van der Waals surface area contributed by atoms with Crippen molar-refractivity contribution in [2.45, 2.75) is 71.9 Å². The van der Waals surface area contributed by atoms with E-state index >= 15 is 0 Å². The summed E-state index contributed by atoms with van der Waals surface area (Å²) in [6.07, 6.45) is 0.661. The molecule has 0 aliphatic rings. The Bertz CT molecular complexity index is 371. The summed E-state index contributed by atoms with van der Waals surface area (Å²) in [6.45, 7) is 8.95. The van der Waals surface area contributed by atoms with Crippen LogP contribution in [-0.2, 0) is 14.3 Å². The number of carbonyl (C=O) groups excluding carboxylic acids is 2. The molecule has 0 saturated carbocycles.